The molecule has 0 amide bonds. The van der Waals surface area contributed by atoms with Crippen LogP contribution in [0.25, 0.3) is 0 Å². The molecule has 1 atom stereocenters. The summed E-state index contributed by atoms with van der Waals surface area (Å²) in [5, 5.41) is 0. The number of ether oxygens (including phenoxy) is 2. The van der Waals surface area contributed by atoms with Crippen LogP contribution in [0.4, 0.5) is 13.2 Å². The number of piperidine rings is 1. The molecule has 0 aromatic carbocycles. The van der Waals surface area contributed by atoms with Crippen molar-refractivity contribution in [1.82, 2.24) is 4.90 Å². The highest BCUT2D eigenvalue weighted by molar-refractivity contribution is 5.69. The smallest absolute Gasteiger partial charge is 0.411 e. The van der Waals surface area contributed by atoms with Gasteiger partial charge in [-0.05, 0) is 25.8 Å². The molecule has 7 heteroatoms. The third kappa shape index (κ3) is 7.09. The van der Waals surface area contributed by atoms with Gasteiger partial charge in [0.1, 0.15) is 6.61 Å². The molecule has 1 aliphatic heterocycles. The lowest BCUT2D eigenvalue weighted by atomic mass is 9.99. The number of halogens is 3. The summed E-state index contributed by atoms with van der Waals surface area (Å²) >= 11 is 0. The van der Waals surface area contributed by atoms with Gasteiger partial charge in [0.15, 0.2) is 0 Å². The van der Waals surface area contributed by atoms with Crippen LogP contribution in [0.5, 0.6) is 0 Å². The lowest BCUT2D eigenvalue weighted by Crippen LogP contribution is -2.41. The second-order valence-electron chi connectivity index (χ2n) is 4.99. The van der Waals surface area contributed by atoms with Crippen molar-refractivity contribution in [3.8, 4) is 0 Å². The molecule has 0 aromatic heterocycles. The first-order valence-corrected chi connectivity index (χ1v) is 6.88. The van der Waals surface area contributed by atoms with Crippen molar-refractivity contribution in [3.05, 3.63) is 0 Å². The molecule has 0 spiro atoms. The molecule has 1 fully saturated rings. The van der Waals surface area contributed by atoms with Crippen LogP contribution >= 0.6 is 0 Å². The monoisotopic (exact) mass is 297 g/mol. The zero-order valence-corrected chi connectivity index (χ0v) is 11.7. The van der Waals surface area contributed by atoms with Crippen LogP contribution in [0.2, 0.25) is 0 Å². The maximum absolute atomic E-state index is 11.9. The van der Waals surface area contributed by atoms with Gasteiger partial charge in [-0.2, -0.15) is 13.2 Å². The Balaban J connectivity index is 2.23. The van der Waals surface area contributed by atoms with Gasteiger partial charge < -0.3 is 9.47 Å². The molecule has 0 radical (unpaired) electrons. The quantitative estimate of drug-likeness (QED) is 0.534. The van der Waals surface area contributed by atoms with E-state index in [9.17, 15) is 18.0 Å². The molecule has 1 saturated heterocycles. The minimum Gasteiger partial charge on any atom is -0.469 e. The largest absolute Gasteiger partial charge is 0.469 e. The SMILES string of the molecule is COC(=O)CC1CCCCN1CCCOCC(F)(F)F. The Bertz CT molecular complexity index is 297. The topological polar surface area (TPSA) is 38.8 Å². The maximum atomic E-state index is 11.9. The molecule has 4 nitrogen and oxygen atoms in total. The van der Waals surface area contributed by atoms with Gasteiger partial charge in [0.05, 0.1) is 13.5 Å². The summed E-state index contributed by atoms with van der Waals surface area (Å²) in [5.41, 5.74) is 0. The Morgan fingerprint density at radius 2 is 2.10 bits per heavy atom. The van der Waals surface area contributed by atoms with Gasteiger partial charge in [0, 0.05) is 19.2 Å². The van der Waals surface area contributed by atoms with E-state index in [1.807, 2.05) is 0 Å². The summed E-state index contributed by atoms with van der Waals surface area (Å²) in [6.45, 7) is 0.417. The van der Waals surface area contributed by atoms with Gasteiger partial charge in [-0.1, -0.05) is 6.42 Å². The van der Waals surface area contributed by atoms with Crippen molar-refractivity contribution in [1.29, 1.82) is 0 Å². The van der Waals surface area contributed by atoms with Crippen molar-refractivity contribution < 1.29 is 27.4 Å². The molecule has 0 bridgehead atoms. The highest BCUT2D eigenvalue weighted by Gasteiger charge is 2.27. The number of carbonyl (C=O) groups excluding carboxylic acids is 1. The van der Waals surface area contributed by atoms with E-state index in [1.165, 1.54) is 7.11 Å². The Hall–Kier alpha value is -0.820. The maximum Gasteiger partial charge on any atom is 0.411 e. The molecule has 1 unspecified atom stereocenters. The number of methoxy groups -OCH3 is 1. The minimum atomic E-state index is -4.27. The van der Waals surface area contributed by atoms with Crippen LogP contribution < -0.4 is 0 Å². The first kappa shape index (κ1) is 17.2. The molecule has 0 N–H and O–H groups in total. The highest BCUT2D eigenvalue weighted by Crippen LogP contribution is 2.20. The van der Waals surface area contributed by atoms with Gasteiger partial charge in [-0.25, -0.2) is 0 Å². The van der Waals surface area contributed by atoms with Crippen molar-refractivity contribution in [3.63, 3.8) is 0 Å². The van der Waals surface area contributed by atoms with Crippen LogP contribution in [0, 0.1) is 0 Å². The van der Waals surface area contributed by atoms with Crippen LogP contribution in [-0.4, -0.2) is 56.5 Å². The van der Waals surface area contributed by atoms with Crippen LogP contribution in [0.15, 0.2) is 0 Å². The van der Waals surface area contributed by atoms with Crippen LogP contribution in [0.1, 0.15) is 32.1 Å². The molecule has 0 saturated carbocycles. The minimum absolute atomic E-state index is 0.0843. The van der Waals surface area contributed by atoms with E-state index in [4.69, 9.17) is 0 Å². The van der Waals surface area contributed by atoms with Gasteiger partial charge in [0.2, 0.25) is 0 Å². The number of esters is 1. The Labute approximate surface area is 117 Å². The van der Waals surface area contributed by atoms with E-state index in [1.54, 1.807) is 0 Å². The predicted molar refractivity (Wildman–Crippen MR) is 67.3 cm³/mol. The van der Waals surface area contributed by atoms with E-state index in [-0.39, 0.29) is 18.6 Å². The van der Waals surface area contributed by atoms with Gasteiger partial charge in [-0.15, -0.1) is 0 Å². The molecular formula is C13H22F3NO3. The lowest BCUT2D eigenvalue weighted by molar-refractivity contribution is -0.174. The van der Waals surface area contributed by atoms with E-state index >= 15 is 0 Å². The summed E-state index contributed by atoms with van der Waals surface area (Å²) < 4.78 is 44.9. The first-order valence-electron chi connectivity index (χ1n) is 6.88. The number of alkyl halides is 3. The number of nitrogens with zero attached hydrogens (tertiary/aromatic N) is 1. The number of hydrogen-bond donors (Lipinski definition) is 0. The fraction of sp³-hybridized carbons (Fsp3) is 0.923. The summed E-state index contributed by atoms with van der Waals surface area (Å²) in [7, 11) is 1.36. The Morgan fingerprint density at radius 3 is 2.75 bits per heavy atom. The summed E-state index contributed by atoms with van der Waals surface area (Å²) in [4.78, 5) is 13.5. The average molecular weight is 297 g/mol. The highest BCUT2D eigenvalue weighted by atomic mass is 19.4. The number of carbonyl (C=O) groups is 1. The van der Waals surface area contributed by atoms with E-state index in [0.29, 0.717) is 19.4 Å². The number of likely N-dealkylation sites (tertiary alicyclic amines) is 1. The van der Waals surface area contributed by atoms with E-state index in [2.05, 4.69) is 14.4 Å². The molecule has 0 aliphatic carbocycles. The Kier molecular flexibility index (Phi) is 7.29. The molecule has 118 valence electrons. The fourth-order valence-electron chi connectivity index (χ4n) is 2.42. The van der Waals surface area contributed by atoms with Gasteiger partial charge in [0.25, 0.3) is 0 Å². The summed E-state index contributed by atoms with van der Waals surface area (Å²) in [6, 6.07) is 0.138. The van der Waals surface area contributed by atoms with Gasteiger partial charge >= 0.3 is 12.1 Å². The predicted octanol–water partition coefficient (Wildman–Crippen LogP) is 2.37. The van der Waals surface area contributed by atoms with Crippen molar-refractivity contribution in [2.24, 2.45) is 0 Å². The first-order chi connectivity index (χ1) is 9.42. The second kappa shape index (κ2) is 8.46. The average Bonchev–Trinajstić information content (AvgIpc) is 2.38. The molecule has 20 heavy (non-hydrogen) atoms. The fourth-order valence-corrected chi connectivity index (χ4v) is 2.42. The van der Waals surface area contributed by atoms with Crippen molar-refractivity contribution >= 4 is 5.97 Å². The second-order valence-corrected chi connectivity index (χ2v) is 4.99. The zero-order valence-electron chi connectivity index (χ0n) is 11.7. The van der Waals surface area contributed by atoms with Crippen molar-refractivity contribution in [2.45, 2.75) is 44.3 Å². The molecule has 1 aliphatic rings. The summed E-state index contributed by atoms with van der Waals surface area (Å²) in [6.07, 6.45) is -0.325. The molecule has 0 aromatic rings. The Morgan fingerprint density at radius 1 is 1.35 bits per heavy atom. The molecule has 1 heterocycles. The molecular weight excluding hydrogens is 275 g/mol. The van der Waals surface area contributed by atoms with Crippen LogP contribution in [-0.2, 0) is 14.3 Å². The van der Waals surface area contributed by atoms with E-state index < -0.39 is 12.8 Å². The lowest BCUT2D eigenvalue weighted by Gasteiger charge is -2.35. The van der Waals surface area contributed by atoms with E-state index in [0.717, 1.165) is 25.8 Å². The van der Waals surface area contributed by atoms with Crippen molar-refractivity contribution in [2.75, 3.05) is 33.4 Å². The van der Waals surface area contributed by atoms with Crippen LogP contribution in [0.3, 0.4) is 0 Å². The van der Waals surface area contributed by atoms with Gasteiger partial charge in [-0.3, -0.25) is 9.69 Å². The molecule has 1 rings (SSSR count). The standard InChI is InChI=1S/C13H22F3NO3/c1-19-12(18)9-11-5-2-3-6-17(11)7-4-8-20-10-13(14,15)16/h11H,2-10H2,1H3. The zero-order chi connectivity index (χ0) is 15.0. The third-order valence-corrected chi connectivity index (χ3v) is 3.38. The number of hydrogen-bond acceptors (Lipinski definition) is 4. The third-order valence-electron chi connectivity index (χ3n) is 3.38. The summed E-state index contributed by atoms with van der Waals surface area (Å²) in [5.74, 6) is -0.241. The number of rotatable bonds is 7. The normalized spacial score (nSPS) is 20.9.